The van der Waals surface area contributed by atoms with Gasteiger partial charge in [0.2, 0.25) is 0 Å². The summed E-state index contributed by atoms with van der Waals surface area (Å²) in [7, 11) is 0. The Morgan fingerprint density at radius 1 is 1.19 bits per heavy atom. The lowest BCUT2D eigenvalue weighted by atomic mass is 10.1. The number of carbonyl (C=O) groups excluding carboxylic acids is 2. The summed E-state index contributed by atoms with van der Waals surface area (Å²) in [5, 5.41) is 12.7. The van der Waals surface area contributed by atoms with Gasteiger partial charge in [0.15, 0.2) is 18.1 Å². The number of nitriles is 1. The van der Waals surface area contributed by atoms with Gasteiger partial charge in [0.25, 0.3) is 5.91 Å². The molecule has 1 N–H and O–H groups in total. The average Bonchev–Trinajstić information content (AvgIpc) is 2.74. The van der Waals surface area contributed by atoms with Crippen molar-refractivity contribution < 1.29 is 23.8 Å². The number of hydrogen-bond acceptors (Lipinski definition) is 6. The fourth-order valence-corrected chi connectivity index (χ4v) is 3.35. The summed E-state index contributed by atoms with van der Waals surface area (Å²) >= 11 is 9.48. The standard InChI is InChI=1S/C23H22BrClN2O5/c1-4-30-20-10-15(9-18(24)22(20)32-13-21(28)31-5-2)8-16(12-26)23(29)27-17-7-6-14(3)19(25)11-17/h6-11H,4-5,13H2,1-3H3,(H,27,29)/b16-8-. The predicted octanol–water partition coefficient (Wildman–Crippen LogP) is 5.30. The largest absolute Gasteiger partial charge is 0.490 e. The number of aryl methyl sites for hydroxylation is 1. The summed E-state index contributed by atoms with van der Waals surface area (Å²) in [5.41, 5.74) is 1.76. The van der Waals surface area contributed by atoms with Gasteiger partial charge in [-0.2, -0.15) is 5.26 Å². The SMILES string of the molecule is CCOC(=O)COc1c(Br)cc(/C=C(/C#N)C(=O)Nc2ccc(C)c(Cl)c2)cc1OCC. The molecule has 9 heteroatoms. The van der Waals surface area contributed by atoms with E-state index in [1.54, 1.807) is 44.2 Å². The van der Waals surface area contributed by atoms with Crippen LogP contribution in [0, 0.1) is 18.3 Å². The predicted molar refractivity (Wildman–Crippen MR) is 126 cm³/mol. The maximum Gasteiger partial charge on any atom is 0.344 e. The minimum Gasteiger partial charge on any atom is -0.490 e. The molecule has 0 bridgehead atoms. The Kier molecular flexibility index (Phi) is 9.57. The highest BCUT2D eigenvalue weighted by Gasteiger charge is 2.16. The summed E-state index contributed by atoms with van der Waals surface area (Å²) in [4.78, 5) is 24.2. The van der Waals surface area contributed by atoms with E-state index in [1.807, 2.05) is 13.0 Å². The van der Waals surface area contributed by atoms with E-state index in [2.05, 4.69) is 21.2 Å². The lowest BCUT2D eigenvalue weighted by Gasteiger charge is -2.14. The number of halogens is 2. The zero-order valence-corrected chi connectivity index (χ0v) is 20.2. The third-order valence-corrected chi connectivity index (χ3v) is 5.07. The lowest BCUT2D eigenvalue weighted by molar-refractivity contribution is -0.145. The van der Waals surface area contributed by atoms with Crippen LogP contribution in [0.25, 0.3) is 6.08 Å². The third-order valence-electron chi connectivity index (χ3n) is 4.08. The normalized spacial score (nSPS) is 10.8. The molecule has 0 heterocycles. The first kappa shape index (κ1) is 25.2. The zero-order chi connectivity index (χ0) is 23.7. The highest BCUT2D eigenvalue weighted by molar-refractivity contribution is 9.10. The number of esters is 1. The van der Waals surface area contributed by atoms with Crippen LogP contribution in [0.2, 0.25) is 5.02 Å². The van der Waals surface area contributed by atoms with Gasteiger partial charge in [-0.3, -0.25) is 4.79 Å². The number of amides is 1. The van der Waals surface area contributed by atoms with E-state index in [0.717, 1.165) is 5.56 Å². The third kappa shape index (κ3) is 7.01. The molecule has 2 aromatic carbocycles. The van der Waals surface area contributed by atoms with Crippen LogP contribution in [0.4, 0.5) is 5.69 Å². The lowest BCUT2D eigenvalue weighted by Crippen LogP contribution is -2.15. The summed E-state index contributed by atoms with van der Waals surface area (Å²) in [6, 6.07) is 10.3. The Labute approximate surface area is 200 Å². The van der Waals surface area contributed by atoms with Crippen LogP contribution in [-0.4, -0.2) is 31.7 Å². The zero-order valence-electron chi connectivity index (χ0n) is 17.8. The number of nitrogens with one attached hydrogen (secondary N) is 1. The monoisotopic (exact) mass is 520 g/mol. The molecule has 0 aliphatic carbocycles. The second-order valence-corrected chi connectivity index (χ2v) is 7.71. The Bertz CT molecular complexity index is 1080. The molecule has 0 unspecified atom stereocenters. The van der Waals surface area contributed by atoms with E-state index in [9.17, 15) is 14.9 Å². The fraction of sp³-hybridized carbons (Fsp3) is 0.261. The molecule has 0 radical (unpaired) electrons. The minimum absolute atomic E-state index is 0.115. The van der Waals surface area contributed by atoms with Crippen molar-refractivity contribution in [2.45, 2.75) is 20.8 Å². The number of carbonyl (C=O) groups is 2. The van der Waals surface area contributed by atoms with Crippen molar-refractivity contribution in [3.8, 4) is 17.6 Å². The van der Waals surface area contributed by atoms with E-state index in [0.29, 0.717) is 38.9 Å². The molecular formula is C23H22BrClN2O5. The quantitative estimate of drug-likeness (QED) is 0.273. The van der Waals surface area contributed by atoms with E-state index in [1.165, 1.54) is 6.08 Å². The van der Waals surface area contributed by atoms with Gasteiger partial charge in [0.05, 0.1) is 17.7 Å². The molecule has 0 aliphatic heterocycles. The molecule has 168 valence electrons. The maximum atomic E-state index is 12.6. The van der Waals surface area contributed by atoms with E-state index in [4.69, 9.17) is 25.8 Å². The van der Waals surface area contributed by atoms with Crippen LogP contribution in [0.1, 0.15) is 25.0 Å². The maximum absolute atomic E-state index is 12.6. The van der Waals surface area contributed by atoms with Crippen LogP contribution >= 0.6 is 27.5 Å². The topological polar surface area (TPSA) is 97.7 Å². The van der Waals surface area contributed by atoms with E-state index < -0.39 is 11.9 Å². The van der Waals surface area contributed by atoms with Crippen molar-refractivity contribution in [3.05, 3.63) is 56.5 Å². The second-order valence-electron chi connectivity index (χ2n) is 6.44. The van der Waals surface area contributed by atoms with E-state index >= 15 is 0 Å². The van der Waals surface area contributed by atoms with Crippen LogP contribution in [0.15, 0.2) is 40.4 Å². The number of rotatable bonds is 9. The number of benzene rings is 2. The first-order valence-electron chi connectivity index (χ1n) is 9.73. The number of nitrogens with zero attached hydrogens (tertiary/aromatic N) is 1. The van der Waals surface area contributed by atoms with Gasteiger partial charge < -0.3 is 19.5 Å². The Morgan fingerprint density at radius 3 is 2.56 bits per heavy atom. The van der Waals surface area contributed by atoms with Crippen LogP contribution in [0.5, 0.6) is 11.5 Å². The number of ether oxygens (including phenoxy) is 3. The number of hydrogen-bond donors (Lipinski definition) is 1. The van der Waals surface area contributed by atoms with Gasteiger partial charge in [0.1, 0.15) is 11.6 Å². The van der Waals surface area contributed by atoms with Gasteiger partial charge >= 0.3 is 5.97 Å². The Hall–Kier alpha value is -3.02. The average molecular weight is 522 g/mol. The molecule has 1 amide bonds. The molecule has 0 fully saturated rings. The molecule has 0 atom stereocenters. The highest BCUT2D eigenvalue weighted by Crippen LogP contribution is 2.37. The molecule has 7 nitrogen and oxygen atoms in total. The van der Waals surface area contributed by atoms with Crippen molar-refractivity contribution in [1.29, 1.82) is 5.26 Å². The highest BCUT2D eigenvalue weighted by atomic mass is 79.9. The Morgan fingerprint density at radius 2 is 1.94 bits per heavy atom. The summed E-state index contributed by atoms with van der Waals surface area (Å²) in [5.74, 6) is -0.427. The van der Waals surface area contributed by atoms with Crippen LogP contribution in [-0.2, 0) is 14.3 Å². The Balaban J connectivity index is 2.29. The molecule has 0 aromatic heterocycles. The van der Waals surface area contributed by atoms with Gasteiger partial charge in [-0.1, -0.05) is 17.7 Å². The fourth-order valence-electron chi connectivity index (χ4n) is 2.59. The van der Waals surface area contributed by atoms with Crippen molar-refractivity contribution >= 4 is 51.2 Å². The summed E-state index contributed by atoms with van der Waals surface area (Å²) in [6.45, 7) is 5.66. The van der Waals surface area contributed by atoms with Gasteiger partial charge in [-0.25, -0.2) is 4.79 Å². The molecule has 2 rings (SSSR count). The molecule has 0 aliphatic rings. The van der Waals surface area contributed by atoms with Crippen molar-refractivity contribution in [1.82, 2.24) is 0 Å². The minimum atomic E-state index is -0.580. The summed E-state index contributed by atoms with van der Waals surface area (Å²) < 4.78 is 16.5. The van der Waals surface area contributed by atoms with Crippen molar-refractivity contribution in [3.63, 3.8) is 0 Å². The van der Waals surface area contributed by atoms with E-state index in [-0.39, 0.29) is 18.8 Å². The van der Waals surface area contributed by atoms with Crippen molar-refractivity contribution in [2.75, 3.05) is 25.1 Å². The molecule has 0 saturated carbocycles. The molecule has 2 aromatic rings. The van der Waals surface area contributed by atoms with Crippen LogP contribution in [0.3, 0.4) is 0 Å². The molecule has 0 saturated heterocycles. The molecule has 0 spiro atoms. The summed E-state index contributed by atoms with van der Waals surface area (Å²) in [6.07, 6.45) is 1.42. The molecular weight excluding hydrogens is 500 g/mol. The van der Waals surface area contributed by atoms with Crippen molar-refractivity contribution in [2.24, 2.45) is 0 Å². The van der Waals surface area contributed by atoms with Crippen LogP contribution < -0.4 is 14.8 Å². The van der Waals surface area contributed by atoms with Gasteiger partial charge in [0, 0.05) is 10.7 Å². The first-order chi connectivity index (χ1) is 15.3. The van der Waals surface area contributed by atoms with Gasteiger partial charge in [-0.15, -0.1) is 0 Å². The van der Waals surface area contributed by atoms with Gasteiger partial charge in [-0.05, 0) is 78.2 Å². The second kappa shape index (κ2) is 12.1. The smallest absolute Gasteiger partial charge is 0.344 e. The first-order valence-corrected chi connectivity index (χ1v) is 10.9. The molecule has 32 heavy (non-hydrogen) atoms. The number of anilines is 1.